The van der Waals surface area contributed by atoms with Crippen LogP contribution in [-0.4, -0.2) is 39.5 Å². The molecule has 0 amide bonds. The molecule has 7 heteroatoms. The van der Waals surface area contributed by atoms with Crippen LogP contribution in [0.1, 0.15) is 11.7 Å². The number of likely N-dealkylation sites (N-methyl/N-ethyl adjacent to an activating group) is 1. The number of phenolic OH excluding ortho intramolecular Hbond substituents is 2. The molecule has 0 aliphatic heterocycles. The molecule has 0 spiro atoms. The fraction of sp³-hybridized carbons (Fsp3) is 0.300. The number of aliphatic carboxylic acids is 1. The molecule has 0 aromatic heterocycles. The van der Waals surface area contributed by atoms with E-state index in [9.17, 15) is 20.1 Å². The number of nitrogens with one attached hydrogen (secondary N) is 1. The predicted molar refractivity (Wildman–Crippen MR) is 60.2 cm³/mol. The Labute approximate surface area is 102 Å². The maximum atomic E-state index is 10.8. The standard InChI is InChI=1S/C10H12ClNO5/c1-12-7(10(16)17)8(14)4-2-5(11)9(15)6(13)3-4/h2-3,7-8,12-15H,1H3,(H,16,17)/t7-,8?/m0/s1. The Bertz CT molecular complexity index is 414. The molecule has 0 aliphatic carbocycles. The monoisotopic (exact) mass is 261 g/mol. The summed E-state index contributed by atoms with van der Waals surface area (Å²) in [5, 5.41) is 39.4. The second-order valence-corrected chi connectivity index (χ2v) is 3.83. The lowest BCUT2D eigenvalue weighted by atomic mass is 10.0. The van der Waals surface area contributed by atoms with Gasteiger partial charge in [-0.25, -0.2) is 0 Å². The first-order valence-electron chi connectivity index (χ1n) is 4.68. The molecule has 0 fully saturated rings. The summed E-state index contributed by atoms with van der Waals surface area (Å²) in [6.45, 7) is 0. The third-order valence-corrected chi connectivity index (χ3v) is 2.59. The van der Waals surface area contributed by atoms with Gasteiger partial charge in [-0.05, 0) is 24.7 Å². The van der Waals surface area contributed by atoms with E-state index in [1.807, 2.05) is 0 Å². The highest BCUT2D eigenvalue weighted by Gasteiger charge is 2.27. The molecule has 0 saturated carbocycles. The minimum Gasteiger partial charge on any atom is -0.504 e. The molecular weight excluding hydrogens is 250 g/mol. The fourth-order valence-electron chi connectivity index (χ4n) is 1.38. The van der Waals surface area contributed by atoms with Crippen LogP contribution in [0.25, 0.3) is 0 Å². The topological polar surface area (TPSA) is 110 Å². The van der Waals surface area contributed by atoms with Gasteiger partial charge in [-0.2, -0.15) is 0 Å². The second kappa shape index (κ2) is 5.22. The highest BCUT2D eigenvalue weighted by atomic mass is 35.5. The molecule has 0 saturated heterocycles. The van der Waals surface area contributed by atoms with Crippen LogP contribution in [-0.2, 0) is 4.79 Å². The van der Waals surface area contributed by atoms with Crippen LogP contribution in [0.5, 0.6) is 11.5 Å². The molecular formula is C10H12ClNO5. The third kappa shape index (κ3) is 2.79. The summed E-state index contributed by atoms with van der Waals surface area (Å²) >= 11 is 5.60. The van der Waals surface area contributed by atoms with Crippen LogP contribution in [0.4, 0.5) is 0 Å². The molecule has 6 nitrogen and oxygen atoms in total. The van der Waals surface area contributed by atoms with Crippen LogP contribution in [0.15, 0.2) is 12.1 Å². The number of hydrogen-bond acceptors (Lipinski definition) is 5. The number of carboxylic acid groups (broad SMARTS) is 1. The smallest absolute Gasteiger partial charge is 0.323 e. The number of aliphatic hydroxyl groups is 1. The van der Waals surface area contributed by atoms with E-state index in [2.05, 4.69) is 5.32 Å². The molecule has 0 radical (unpaired) electrons. The lowest BCUT2D eigenvalue weighted by Gasteiger charge is -2.19. The summed E-state index contributed by atoms with van der Waals surface area (Å²) in [4.78, 5) is 10.8. The van der Waals surface area contributed by atoms with Gasteiger partial charge >= 0.3 is 5.97 Å². The number of carbonyl (C=O) groups is 1. The van der Waals surface area contributed by atoms with Crippen molar-refractivity contribution in [2.75, 3.05) is 7.05 Å². The lowest BCUT2D eigenvalue weighted by Crippen LogP contribution is -2.39. The zero-order valence-corrected chi connectivity index (χ0v) is 9.64. The largest absolute Gasteiger partial charge is 0.504 e. The molecule has 1 unspecified atom stereocenters. The number of hydrogen-bond donors (Lipinski definition) is 5. The van der Waals surface area contributed by atoms with Gasteiger partial charge in [-0.1, -0.05) is 11.6 Å². The minimum absolute atomic E-state index is 0.0899. The SMILES string of the molecule is CN[C@H](C(=O)O)C(O)c1cc(O)c(O)c(Cl)c1. The Morgan fingerprint density at radius 2 is 2.00 bits per heavy atom. The Balaban J connectivity index is 3.12. The molecule has 0 aliphatic rings. The van der Waals surface area contributed by atoms with Crippen molar-refractivity contribution in [3.05, 3.63) is 22.7 Å². The van der Waals surface area contributed by atoms with E-state index >= 15 is 0 Å². The first kappa shape index (κ1) is 13.6. The van der Waals surface area contributed by atoms with E-state index in [-0.39, 0.29) is 10.6 Å². The van der Waals surface area contributed by atoms with Crippen molar-refractivity contribution in [3.8, 4) is 11.5 Å². The first-order valence-corrected chi connectivity index (χ1v) is 5.05. The molecule has 5 N–H and O–H groups in total. The Morgan fingerprint density at radius 3 is 2.41 bits per heavy atom. The summed E-state index contributed by atoms with van der Waals surface area (Å²) in [7, 11) is 1.38. The quantitative estimate of drug-likeness (QED) is 0.504. The van der Waals surface area contributed by atoms with Gasteiger partial charge in [-0.3, -0.25) is 4.79 Å². The maximum absolute atomic E-state index is 10.8. The molecule has 2 atom stereocenters. The molecule has 94 valence electrons. The van der Waals surface area contributed by atoms with Crippen LogP contribution in [0, 0.1) is 0 Å². The highest BCUT2D eigenvalue weighted by molar-refractivity contribution is 6.32. The maximum Gasteiger partial charge on any atom is 0.323 e. The van der Waals surface area contributed by atoms with Gasteiger partial charge in [0.2, 0.25) is 0 Å². The van der Waals surface area contributed by atoms with Crippen LogP contribution >= 0.6 is 11.6 Å². The van der Waals surface area contributed by atoms with Crippen LogP contribution in [0.3, 0.4) is 0 Å². The van der Waals surface area contributed by atoms with Crippen LogP contribution < -0.4 is 5.32 Å². The Hall–Kier alpha value is -1.50. The second-order valence-electron chi connectivity index (χ2n) is 3.42. The summed E-state index contributed by atoms with van der Waals surface area (Å²) in [5.74, 6) is -2.28. The number of benzene rings is 1. The van der Waals surface area contributed by atoms with Crippen molar-refractivity contribution in [1.29, 1.82) is 0 Å². The summed E-state index contributed by atoms with van der Waals surface area (Å²) in [5.41, 5.74) is 0.0899. The zero-order chi connectivity index (χ0) is 13.2. The van der Waals surface area contributed by atoms with Gasteiger partial charge < -0.3 is 25.7 Å². The number of aliphatic hydroxyl groups excluding tert-OH is 1. The molecule has 17 heavy (non-hydrogen) atoms. The Morgan fingerprint density at radius 1 is 1.41 bits per heavy atom. The average Bonchev–Trinajstić information content (AvgIpc) is 2.25. The minimum atomic E-state index is -1.40. The van der Waals surface area contributed by atoms with E-state index < -0.39 is 29.6 Å². The normalized spacial score (nSPS) is 14.3. The Kier molecular flexibility index (Phi) is 4.17. The van der Waals surface area contributed by atoms with Gasteiger partial charge in [0.25, 0.3) is 0 Å². The lowest BCUT2D eigenvalue weighted by molar-refractivity contribution is -0.142. The third-order valence-electron chi connectivity index (χ3n) is 2.30. The van der Waals surface area contributed by atoms with Crippen molar-refractivity contribution in [3.63, 3.8) is 0 Å². The van der Waals surface area contributed by atoms with E-state index in [4.69, 9.17) is 16.7 Å². The van der Waals surface area contributed by atoms with Crippen LogP contribution in [0.2, 0.25) is 5.02 Å². The van der Waals surface area contributed by atoms with E-state index in [0.29, 0.717) is 0 Å². The number of halogens is 1. The van der Waals surface area contributed by atoms with Crippen molar-refractivity contribution in [2.45, 2.75) is 12.1 Å². The highest BCUT2D eigenvalue weighted by Crippen LogP contribution is 2.36. The van der Waals surface area contributed by atoms with E-state index in [1.165, 1.54) is 13.1 Å². The first-order chi connectivity index (χ1) is 7.88. The van der Waals surface area contributed by atoms with E-state index in [0.717, 1.165) is 6.07 Å². The van der Waals surface area contributed by atoms with Crippen molar-refractivity contribution in [1.82, 2.24) is 5.32 Å². The van der Waals surface area contributed by atoms with Crippen molar-refractivity contribution >= 4 is 17.6 Å². The van der Waals surface area contributed by atoms with Gasteiger partial charge in [0.05, 0.1) is 5.02 Å². The summed E-state index contributed by atoms with van der Waals surface area (Å²) in [6, 6.07) is 1.00. The average molecular weight is 262 g/mol. The van der Waals surface area contributed by atoms with Gasteiger partial charge in [-0.15, -0.1) is 0 Å². The molecule has 1 aromatic rings. The predicted octanol–water partition coefficient (Wildman–Crippen LogP) is 0.457. The van der Waals surface area contributed by atoms with Crippen molar-refractivity contribution in [2.24, 2.45) is 0 Å². The van der Waals surface area contributed by atoms with E-state index in [1.54, 1.807) is 0 Å². The van der Waals surface area contributed by atoms with Gasteiger partial charge in [0.1, 0.15) is 12.1 Å². The molecule has 0 bridgehead atoms. The van der Waals surface area contributed by atoms with Crippen molar-refractivity contribution < 1.29 is 25.2 Å². The summed E-state index contributed by atoms with van der Waals surface area (Å²) < 4.78 is 0. The van der Waals surface area contributed by atoms with Gasteiger partial charge in [0, 0.05) is 0 Å². The van der Waals surface area contributed by atoms with Gasteiger partial charge in [0.15, 0.2) is 11.5 Å². The fourth-order valence-corrected chi connectivity index (χ4v) is 1.61. The summed E-state index contributed by atoms with van der Waals surface area (Å²) in [6.07, 6.45) is -1.40. The number of phenols is 2. The molecule has 0 heterocycles. The number of carboxylic acids is 1. The molecule has 1 aromatic carbocycles. The number of rotatable bonds is 4. The zero-order valence-electron chi connectivity index (χ0n) is 8.88. The molecule has 1 rings (SSSR count). The number of aromatic hydroxyl groups is 2.